The minimum absolute atomic E-state index is 0.234. The molecule has 6 nitrogen and oxygen atoms in total. The van der Waals surface area contributed by atoms with Gasteiger partial charge in [-0.05, 0) is 31.0 Å². The molecule has 1 saturated carbocycles. The van der Waals surface area contributed by atoms with E-state index in [-0.39, 0.29) is 12.1 Å². The number of anilines is 1. The average molecular weight is 315 g/mol. The second-order valence-electron chi connectivity index (χ2n) is 5.89. The third-order valence-corrected chi connectivity index (χ3v) is 4.27. The first-order valence-electron chi connectivity index (χ1n) is 7.94. The molecule has 3 N–H and O–H groups in total. The predicted molar refractivity (Wildman–Crippen MR) is 88.7 cm³/mol. The number of aromatic nitrogens is 1. The van der Waals surface area contributed by atoms with Gasteiger partial charge in [0.15, 0.2) is 0 Å². The van der Waals surface area contributed by atoms with Gasteiger partial charge in [0.1, 0.15) is 0 Å². The number of ether oxygens (including phenoxy) is 1. The van der Waals surface area contributed by atoms with Gasteiger partial charge >= 0.3 is 12.0 Å². The summed E-state index contributed by atoms with van der Waals surface area (Å²) in [6.07, 6.45) is 7.36. The number of carbonyl (C=O) groups excluding carboxylic acids is 2. The summed E-state index contributed by atoms with van der Waals surface area (Å²) in [7, 11) is 1.34. The Balaban J connectivity index is 1.76. The minimum Gasteiger partial charge on any atom is -0.465 e. The van der Waals surface area contributed by atoms with Gasteiger partial charge < -0.3 is 20.4 Å². The van der Waals surface area contributed by atoms with Crippen molar-refractivity contribution in [3.05, 3.63) is 30.0 Å². The smallest absolute Gasteiger partial charge is 0.338 e. The number of amides is 2. The van der Waals surface area contributed by atoms with E-state index in [0.29, 0.717) is 11.3 Å². The molecule has 0 saturated heterocycles. The Morgan fingerprint density at radius 2 is 2.00 bits per heavy atom. The molecule has 0 atom stereocenters. The highest BCUT2D eigenvalue weighted by Gasteiger charge is 2.17. The number of fused-ring (bicyclic) bond motifs is 1. The maximum atomic E-state index is 12.2. The summed E-state index contributed by atoms with van der Waals surface area (Å²) in [5, 5.41) is 6.58. The number of rotatable bonds is 3. The molecule has 0 unspecified atom stereocenters. The maximum Gasteiger partial charge on any atom is 0.338 e. The van der Waals surface area contributed by atoms with Gasteiger partial charge in [0.2, 0.25) is 0 Å². The van der Waals surface area contributed by atoms with Gasteiger partial charge in [-0.25, -0.2) is 9.59 Å². The van der Waals surface area contributed by atoms with Crippen LogP contribution in [0.1, 0.15) is 42.5 Å². The highest BCUT2D eigenvalue weighted by Crippen LogP contribution is 2.24. The van der Waals surface area contributed by atoms with Crippen molar-refractivity contribution in [1.82, 2.24) is 10.3 Å². The van der Waals surface area contributed by atoms with E-state index < -0.39 is 5.97 Å². The van der Waals surface area contributed by atoms with Gasteiger partial charge in [-0.2, -0.15) is 0 Å². The Morgan fingerprint density at radius 1 is 1.22 bits per heavy atom. The Morgan fingerprint density at radius 3 is 2.74 bits per heavy atom. The molecule has 1 aliphatic rings. The molecule has 0 spiro atoms. The van der Waals surface area contributed by atoms with Crippen molar-refractivity contribution in [1.29, 1.82) is 0 Å². The summed E-state index contributed by atoms with van der Waals surface area (Å²) in [6.45, 7) is 0. The van der Waals surface area contributed by atoms with Crippen molar-refractivity contribution in [3.8, 4) is 0 Å². The van der Waals surface area contributed by atoms with Crippen molar-refractivity contribution in [2.45, 2.75) is 38.1 Å². The van der Waals surface area contributed by atoms with Crippen LogP contribution in [0.25, 0.3) is 10.9 Å². The van der Waals surface area contributed by atoms with Gasteiger partial charge in [0, 0.05) is 28.8 Å². The van der Waals surface area contributed by atoms with Crippen molar-refractivity contribution < 1.29 is 14.3 Å². The number of urea groups is 1. The van der Waals surface area contributed by atoms with Crippen LogP contribution >= 0.6 is 0 Å². The molecule has 23 heavy (non-hydrogen) atoms. The molecule has 1 aliphatic carbocycles. The van der Waals surface area contributed by atoms with Crippen molar-refractivity contribution in [2.75, 3.05) is 12.4 Å². The second kappa shape index (κ2) is 6.73. The molecule has 2 amide bonds. The van der Waals surface area contributed by atoms with Crippen LogP contribution in [0.15, 0.2) is 24.4 Å². The largest absolute Gasteiger partial charge is 0.465 e. The summed E-state index contributed by atoms with van der Waals surface area (Å²) < 4.78 is 4.81. The molecule has 0 radical (unpaired) electrons. The van der Waals surface area contributed by atoms with Crippen LogP contribution in [0, 0.1) is 0 Å². The quantitative estimate of drug-likeness (QED) is 0.759. The monoisotopic (exact) mass is 315 g/mol. The molecular formula is C17H21N3O3. The van der Waals surface area contributed by atoms with Gasteiger partial charge in [-0.15, -0.1) is 0 Å². The van der Waals surface area contributed by atoms with Gasteiger partial charge in [-0.1, -0.05) is 19.3 Å². The van der Waals surface area contributed by atoms with Crippen LogP contribution in [0.4, 0.5) is 10.5 Å². The molecule has 1 heterocycles. The summed E-state index contributed by atoms with van der Waals surface area (Å²) in [5.41, 5.74) is 1.77. The molecule has 0 aliphatic heterocycles. The topological polar surface area (TPSA) is 83.2 Å². The lowest BCUT2D eigenvalue weighted by Gasteiger charge is -2.23. The van der Waals surface area contributed by atoms with E-state index in [9.17, 15) is 9.59 Å². The van der Waals surface area contributed by atoms with Gasteiger partial charge in [-0.3, -0.25) is 0 Å². The van der Waals surface area contributed by atoms with E-state index in [2.05, 4.69) is 15.6 Å². The van der Waals surface area contributed by atoms with Crippen LogP contribution in [0.3, 0.4) is 0 Å². The molecule has 1 aromatic carbocycles. The molecule has 3 rings (SSSR count). The van der Waals surface area contributed by atoms with E-state index in [1.165, 1.54) is 13.5 Å². The Hall–Kier alpha value is -2.50. The van der Waals surface area contributed by atoms with Crippen LogP contribution < -0.4 is 10.6 Å². The lowest BCUT2D eigenvalue weighted by Crippen LogP contribution is -2.39. The highest BCUT2D eigenvalue weighted by molar-refractivity contribution is 6.06. The van der Waals surface area contributed by atoms with E-state index in [1.54, 1.807) is 12.3 Å². The number of aromatic amines is 1. The number of H-pyrrole nitrogens is 1. The zero-order valence-electron chi connectivity index (χ0n) is 13.1. The normalized spacial score (nSPS) is 15.3. The Labute approximate surface area is 134 Å². The molecule has 1 aromatic heterocycles. The van der Waals surface area contributed by atoms with Gasteiger partial charge in [0.05, 0.1) is 12.7 Å². The Bertz CT molecular complexity index is 717. The van der Waals surface area contributed by atoms with E-state index >= 15 is 0 Å². The maximum absolute atomic E-state index is 12.2. The first-order valence-corrected chi connectivity index (χ1v) is 7.94. The molecule has 0 bridgehead atoms. The van der Waals surface area contributed by atoms with Crippen molar-refractivity contribution in [2.24, 2.45) is 0 Å². The first kappa shape index (κ1) is 15.4. The second-order valence-corrected chi connectivity index (χ2v) is 5.89. The van der Waals surface area contributed by atoms with Crippen LogP contribution in [-0.2, 0) is 4.74 Å². The summed E-state index contributed by atoms with van der Waals surface area (Å²) in [4.78, 5) is 27.1. The fraction of sp³-hybridized carbons (Fsp3) is 0.412. The first-order chi connectivity index (χ1) is 11.2. The van der Waals surface area contributed by atoms with Crippen LogP contribution in [0.5, 0.6) is 0 Å². The summed E-state index contributed by atoms with van der Waals surface area (Å²) >= 11 is 0. The SMILES string of the molecule is COC(=O)c1cc(NC(=O)NC2CCCCC2)cc2[nH]ccc12. The summed E-state index contributed by atoms with van der Waals surface area (Å²) in [5.74, 6) is -0.425. The average Bonchev–Trinajstić information content (AvgIpc) is 3.02. The van der Waals surface area contributed by atoms with Gasteiger partial charge in [0.25, 0.3) is 0 Å². The molecule has 6 heteroatoms. The number of methoxy groups -OCH3 is 1. The van der Waals surface area contributed by atoms with Crippen molar-refractivity contribution >= 4 is 28.6 Å². The minimum atomic E-state index is -0.425. The van der Waals surface area contributed by atoms with Crippen molar-refractivity contribution in [3.63, 3.8) is 0 Å². The predicted octanol–water partition coefficient (Wildman–Crippen LogP) is 3.41. The standard InChI is InChI=1S/C17H21N3O3/c1-23-16(21)14-9-12(10-15-13(14)7-8-18-15)20-17(22)19-11-5-3-2-4-6-11/h7-11,18H,2-6H2,1H3,(H2,19,20,22). The summed E-state index contributed by atoms with van der Waals surface area (Å²) in [6, 6.07) is 5.26. The Kier molecular flexibility index (Phi) is 4.50. The molecule has 122 valence electrons. The number of nitrogens with one attached hydrogen (secondary N) is 3. The molecular weight excluding hydrogens is 294 g/mol. The lowest BCUT2D eigenvalue weighted by molar-refractivity contribution is 0.0603. The number of hydrogen-bond acceptors (Lipinski definition) is 3. The lowest BCUT2D eigenvalue weighted by atomic mass is 9.96. The third kappa shape index (κ3) is 3.47. The number of esters is 1. The van der Waals surface area contributed by atoms with E-state index in [4.69, 9.17) is 4.74 Å². The fourth-order valence-electron chi connectivity index (χ4n) is 3.12. The number of hydrogen-bond donors (Lipinski definition) is 3. The van der Waals surface area contributed by atoms with E-state index in [0.717, 1.165) is 36.6 Å². The number of benzene rings is 1. The van der Waals surface area contributed by atoms with Crippen LogP contribution in [-0.4, -0.2) is 30.1 Å². The van der Waals surface area contributed by atoms with E-state index in [1.807, 2.05) is 12.1 Å². The fourth-order valence-corrected chi connectivity index (χ4v) is 3.12. The third-order valence-electron chi connectivity index (χ3n) is 4.27. The molecule has 2 aromatic rings. The zero-order chi connectivity index (χ0) is 16.2. The highest BCUT2D eigenvalue weighted by atomic mass is 16.5. The van der Waals surface area contributed by atoms with Crippen LogP contribution in [0.2, 0.25) is 0 Å². The number of carbonyl (C=O) groups is 2. The molecule has 1 fully saturated rings. The zero-order valence-corrected chi connectivity index (χ0v) is 13.1.